The smallest absolute Gasteiger partial charge is 0.0117 e. The van der Waals surface area contributed by atoms with Crippen molar-refractivity contribution in [1.82, 2.24) is 20.0 Å². The van der Waals surface area contributed by atoms with Gasteiger partial charge in [0.1, 0.15) is 0 Å². The number of hydrogen-bond donors (Lipinski definition) is 1. The molecule has 0 atom stereocenters. The third-order valence-corrected chi connectivity index (χ3v) is 4.83. The van der Waals surface area contributed by atoms with Crippen LogP contribution in [0.1, 0.15) is 26.2 Å². The van der Waals surface area contributed by atoms with E-state index in [4.69, 9.17) is 0 Å². The number of likely N-dealkylation sites (tertiary alicyclic amines) is 1. The van der Waals surface area contributed by atoms with Crippen molar-refractivity contribution in [3.63, 3.8) is 0 Å². The molecule has 2 aliphatic rings. The molecule has 2 fully saturated rings. The number of nitrogens with one attached hydrogen (secondary N) is 1. The SMILES string of the molecule is CCN1CCC(N(C)CCN2CCCNCC2)CC1. The van der Waals surface area contributed by atoms with Gasteiger partial charge in [0.2, 0.25) is 0 Å². The van der Waals surface area contributed by atoms with E-state index in [0.29, 0.717) is 0 Å². The van der Waals surface area contributed by atoms with Crippen LogP contribution in [0.5, 0.6) is 0 Å². The van der Waals surface area contributed by atoms with Gasteiger partial charge in [-0.05, 0) is 59.0 Å². The zero-order valence-corrected chi connectivity index (χ0v) is 12.9. The largest absolute Gasteiger partial charge is 0.315 e. The quantitative estimate of drug-likeness (QED) is 0.792. The molecule has 2 heterocycles. The molecule has 1 N–H and O–H groups in total. The summed E-state index contributed by atoms with van der Waals surface area (Å²) in [5, 5.41) is 3.48. The highest BCUT2D eigenvalue weighted by molar-refractivity contribution is 4.78. The van der Waals surface area contributed by atoms with Crippen molar-refractivity contribution < 1.29 is 0 Å². The Morgan fingerprint density at radius 1 is 1.05 bits per heavy atom. The zero-order chi connectivity index (χ0) is 13.5. The van der Waals surface area contributed by atoms with Gasteiger partial charge in [0, 0.05) is 32.2 Å². The molecule has 0 aromatic heterocycles. The second kappa shape index (κ2) is 8.20. The summed E-state index contributed by atoms with van der Waals surface area (Å²) in [4.78, 5) is 7.80. The van der Waals surface area contributed by atoms with Gasteiger partial charge in [-0.15, -0.1) is 0 Å². The number of nitrogens with zero attached hydrogens (tertiary/aromatic N) is 3. The molecule has 4 heteroatoms. The Labute approximate surface area is 119 Å². The molecule has 19 heavy (non-hydrogen) atoms. The fourth-order valence-corrected chi connectivity index (χ4v) is 3.28. The molecule has 2 saturated heterocycles. The highest BCUT2D eigenvalue weighted by atomic mass is 15.2. The van der Waals surface area contributed by atoms with Crippen LogP contribution in [0, 0.1) is 0 Å². The third-order valence-electron chi connectivity index (χ3n) is 4.83. The first-order valence-corrected chi connectivity index (χ1v) is 8.15. The molecular weight excluding hydrogens is 236 g/mol. The first-order valence-electron chi connectivity index (χ1n) is 8.15. The molecule has 0 bridgehead atoms. The number of rotatable bonds is 5. The summed E-state index contributed by atoms with van der Waals surface area (Å²) >= 11 is 0. The Morgan fingerprint density at radius 3 is 2.58 bits per heavy atom. The molecule has 2 rings (SSSR count). The van der Waals surface area contributed by atoms with Crippen LogP contribution in [0.2, 0.25) is 0 Å². The lowest BCUT2D eigenvalue weighted by molar-refractivity contribution is 0.120. The van der Waals surface area contributed by atoms with Crippen molar-refractivity contribution in [1.29, 1.82) is 0 Å². The molecule has 0 aromatic carbocycles. The fraction of sp³-hybridized carbons (Fsp3) is 1.00. The highest BCUT2D eigenvalue weighted by Crippen LogP contribution is 2.14. The minimum Gasteiger partial charge on any atom is -0.315 e. The van der Waals surface area contributed by atoms with E-state index in [1.165, 1.54) is 78.2 Å². The topological polar surface area (TPSA) is 21.8 Å². The molecule has 0 spiro atoms. The van der Waals surface area contributed by atoms with Crippen molar-refractivity contribution >= 4 is 0 Å². The number of piperidine rings is 1. The molecule has 0 aromatic rings. The van der Waals surface area contributed by atoms with Crippen molar-refractivity contribution in [3.8, 4) is 0 Å². The zero-order valence-electron chi connectivity index (χ0n) is 12.9. The van der Waals surface area contributed by atoms with Gasteiger partial charge >= 0.3 is 0 Å². The molecule has 2 aliphatic heterocycles. The van der Waals surface area contributed by atoms with Gasteiger partial charge in [-0.2, -0.15) is 0 Å². The van der Waals surface area contributed by atoms with Crippen LogP contribution in [0.25, 0.3) is 0 Å². The Hall–Kier alpha value is -0.160. The predicted octanol–water partition coefficient (Wildman–Crippen LogP) is 0.698. The van der Waals surface area contributed by atoms with Crippen LogP contribution in [0.3, 0.4) is 0 Å². The van der Waals surface area contributed by atoms with Crippen LogP contribution in [0.4, 0.5) is 0 Å². The number of hydrogen-bond acceptors (Lipinski definition) is 4. The summed E-state index contributed by atoms with van der Waals surface area (Å²) in [5.74, 6) is 0. The molecule has 0 unspecified atom stereocenters. The molecule has 0 amide bonds. The van der Waals surface area contributed by atoms with E-state index in [1.54, 1.807) is 0 Å². The van der Waals surface area contributed by atoms with E-state index in [-0.39, 0.29) is 0 Å². The normalized spacial score (nSPS) is 24.8. The van der Waals surface area contributed by atoms with Crippen LogP contribution in [0.15, 0.2) is 0 Å². The lowest BCUT2D eigenvalue weighted by atomic mass is 10.0. The van der Waals surface area contributed by atoms with Gasteiger partial charge in [0.05, 0.1) is 0 Å². The summed E-state index contributed by atoms with van der Waals surface area (Å²) in [6.07, 6.45) is 4.01. The summed E-state index contributed by atoms with van der Waals surface area (Å²) in [6.45, 7) is 13.4. The second-order valence-electron chi connectivity index (χ2n) is 6.09. The van der Waals surface area contributed by atoms with Crippen molar-refractivity contribution in [3.05, 3.63) is 0 Å². The van der Waals surface area contributed by atoms with E-state index in [1.807, 2.05) is 0 Å². The molecule has 0 radical (unpaired) electrons. The summed E-state index contributed by atoms with van der Waals surface area (Å²) < 4.78 is 0. The average molecular weight is 268 g/mol. The summed E-state index contributed by atoms with van der Waals surface area (Å²) in [5.41, 5.74) is 0. The van der Waals surface area contributed by atoms with Gasteiger partial charge in [-0.3, -0.25) is 0 Å². The number of likely N-dealkylation sites (N-methyl/N-ethyl adjacent to an activating group) is 1. The van der Waals surface area contributed by atoms with Gasteiger partial charge in [0.25, 0.3) is 0 Å². The summed E-state index contributed by atoms with van der Waals surface area (Å²) in [6, 6.07) is 0.813. The maximum atomic E-state index is 3.48. The first kappa shape index (κ1) is 15.2. The standard InChI is InChI=1S/C15H32N4/c1-3-18-10-5-15(6-11-18)17(2)13-14-19-9-4-7-16-8-12-19/h15-16H,3-14H2,1-2H3. The predicted molar refractivity (Wildman–Crippen MR) is 81.7 cm³/mol. The van der Waals surface area contributed by atoms with Gasteiger partial charge in [-0.25, -0.2) is 0 Å². The lowest BCUT2D eigenvalue weighted by Crippen LogP contribution is -2.45. The third kappa shape index (κ3) is 5.03. The fourth-order valence-electron chi connectivity index (χ4n) is 3.28. The molecule has 4 nitrogen and oxygen atoms in total. The van der Waals surface area contributed by atoms with Crippen molar-refractivity contribution in [2.24, 2.45) is 0 Å². The first-order chi connectivity index (χ1) is 9.29. The molecule has 0 aliphatic carbocycles. The second-order valence-corrected chi connectivity index (χ2v) is 6.09. The van der Waals surface area contributed by atoms with Crippen LogP contribution < -0.4 is 5.32 Å². The van der Waals surface area contributed by atoms with Crippen LogP contribution in [-0.4, -0.2) is 86.7 Å². The Balaban J connectivity index is 1.64. The molecule has 112 valence electrons. The monoisotopic (exact) mass is 268 g/mol. The van der Waals surface area contributed by atoms with E-state index in [9.17, 15) is 0 Å². The van der Waals surface area contributed by atoms with Crippen LogP contribution in [-0.2, 0) is 0 Å². The average Bonchev–Trinajstić information content (AvgIpc) is 2.73. The highest BCUT2D eigenvalue weighted by Gasteiger charge is 2.21. The minimum atomic E-state index is 0.813. The van der Waals surface area contributed by atoms with Gasteiger partial charge < -0.3 is 20.0 Å². The van der Waals surface area contributed by atoms with E-state index in [2.05, 4.69) is 34.0 Å². The maximum absolute atomic E-state index is 3.48. The van der Waals surface area contributed by atoms with Gasteiger partial charge in [0.15, 0.2) is 0 Å². The van der Waals surface area contributed by atoms with Crippen molar-refractivity contribution in [2.45, 2.75) is 32.2 Å². The molecular formula is C15H32N4. The lowest BCUT2D eigenvalue weighted by Gasteiger charge is -2.37. The van der Waals surface area contributed by atoms with Crippen LogP contribution >= 0.6 is 0 Å². The van der Waals surface area contributed by atoms with Gasteiger partial charge in [-0.1, -0.05) is 6.92 Å². The Morgan fingerprint density at radius 2 is 1.84 bits per heavy atom. The van der Waals surface area contributed by atoms with Crippen molar-refractivity contribution in [2.75, 3.05) is 66.0 Å². The molecule has 0 saturated carbocycles. The Kier molecular flexibility index (Phi) is 6.57. The van der Waals surface area contributed by atoms with E-state index in [0.717, 1.165) is 6.04 Å². The Bertz CT molecular complexity index is 230. The van der Waals surface area contributed by atoms with E-state index >= 15 is 0 Å². The minimum absolute atomic E-state index is 0.813. The summed E-state index contributed by atoms with van der Waals surface area (Å²) in [7, 11) is 2.32. The maximum Gasteiger partial charge on any atom is 0.0117 e. The van der Waals surface area contributed by atoms with E-state index < -0.39 is 0 Å².